The van der Waals surface area contributed by atoms with Crippen molar-refractivity contribution < 1.29 is 5.11 Å². The molecule has 1 heteroatoms. The zero-order chi connectivity index (χ0) is 9.78. The molecule has 0 spiro atoms. The van der Waals surface area contributed by atoms with Crippen molar-refractivity contribution in [3.8, 4) is 0 Å². The summed E-state index contributed by atoms with van der Waals surface area (Å²) >= 11 is 0. The van der Waals surface area contributed by atoms with Gasteiger partial charge in [0.15, 0.2) is 0 Å². The van der Waals surface area contributed by atoms with Gasteiger partial charge in [-0.1, -0.05) is 40.5 Å². The van der Waals surface area contributed by atoms with E-state index in [-0.39, 0.29) is 0 Å². The smallest absolute Gasteiger partial charge is 0.0650 e. The Kier molecular flexibility index (Phi) is 4.84. The number of rotatable bonds is 5. The van der Waals surface area contributed by atoms with Crippen LogP contribution in [0.3, 0.4) is 0 Å². The first-order chi connectivity index (χ1) is 5.44. The van der Waals surface area contributed by atoms with Crippen molar-refractivity contribution in [1.82, 2.24) is 0 Å². The van der Waals surface area contributed by atoms with E-state index in [1.165, 1.54) is 0 Å². The third-order valence-electron chi connectivity index (χ3n) is 2.69. The molecule has 0 amide bonds. The van der Waals surface area contributed by atoms with Crippen molar-refractivity contribution in [2.75, 3.05) is 0 Å². The van der Waals surface area contributed by atoms with Gasteiger partial charge in [-0.2, -0.15) is 0 Å². The first-order valence-corrected chi connectivity index (χ1v) is 5.16. The minimum atomic E-state index is -0.461. The van der Waals surface area contributed by atoms with Crippen molar-refractivity contribution in [2.24, 2.45) is 11.8 Å². The van der Waals surface area contributed by atoms with E-state index in [2.05, 4.69) is 27.7 Å². The molecule has 0 aromatic rings. The normalized spacial score (nSPS) is 17.0. The highest BCUT2D eigenvalue weighted by molar-refractivity contribution is 4.81. The molecule has 12 heavy (non-hydrogen) atoms. The molecular weight excluding hydrogens is 148 g/mol. The SMILES string of the molecule is CCC(CC)C(C)(O)CC(C)C. The minimum Gasteiger partial charge on any atom is -0.390 e. The van der Waals surface area contributed by atoms with Gasteiger partial charge in [0.1, 0.15) is 0 Å². The number of aliphatic hydroxyl groups is 1. The fraction of sp³-hybridized carbons (Fsp3) is 1.00. The van der Waals surface area contributed by atoms with E-state index in [4.69, 9.17) is 0 Å². The first-order valence-electron chi connectivity index (χ1n) is 5.16. The molecule has 0 aliphatic carbocycles. The Morgan fingerprint density at radius 1 is 1.17 bits per heavy atom. The molecule has 0 aliphatic heterocycles. The van der Waals surface area contributed by atoms with Gasteiger partial charge >= 0.3 is 0 Å². The van der Waals surface area contributed by atoms with Gasteiger partial charge in [-0.15, -0.1) is 0 Å². The molecule has 0 aromatic carbocycles. The highest BCUT2D eigenvalue weighted by atomic mass is 16.3. The molecule has 0 radical (unpaired) electrons. The van der Waals surface area contributed by atoms with Crippen molar-refractivity contribution in [2.45, 2.75) is 59.5 Å². The van der Waals surface area contributed by atoms with Crippen LogP contribution in [-0.2, 0) is 0 Å². The number of hydrogen-bond donors (Lipinski definition) is 1. The van der Waals surface area contributed by atoms with Crippen LogP contribution in [0.2, 0.25) is 0 Å². The Morgan fingerprint density at radius 3 is 1.83 bits per heavy atom. The van der Waals surface area contributed by atoms with Gasteiger partial charge in [-0.05, 0) is 25.2 Å². The van der Waals surface area contributed by atoms with Gasteiger partial charge in [0.25, 0.3) is 0 Å². The van der Waals surface area contributed by atoms with Crippen LogP contribution in [0, 0.1) is 11.8 Å². The second kappa shape index (κ2) is 4.86. The largest absolute Gasteiger partial charge is 0.390 e. The average molecular weight is 172 g/mol. The molecule has 0 heterocycles. The maximum Gasteiger partial charge on any atom is 0.0650 e. The summed E-state index contributed by atoms with van der Waals surface area (Å²) in [6.07, 6.45) is 3.08. The van der Waals surface area contributed by atoms with E-state index >= 15 is 0 Å². The third-order valence-corrected chi connectivity index (χ3v) is 2.69. The predicted octanol–water partition coefficient (Wildman–Crippen LogP) is 3.22. The van der Waals surface area contributed by atoms with Crippen LogP contribution < -0.4 is 0 Å². The van der Waals surface area contributed by atoms with Crippen molar-refractivity contribution in [1.29, 1.82) is 0 Å². The Hall–Kier alpha value is -0.0400. The van der Waals surface area contributed by atoms with Crippen LogP contribution in [0.4, 0.5) is 0 Å². The summed E-state index contributed by atoms with van der Waals surface area (Å²) in [5.74, 6) is 1.04. The van der Waals surface area contributed by atoms with E-state index in [0.29, 0.717) is 11.8 Å². The van der Waals surface area contributed by atoms with Crippen LogP contribution >= 0.6 is 0 Å². The average Bonchev–Trinajstić information content (AvgIpc) is 1.85. The molecule has 0 aromatic heterocycles. The summed E-state index contributed by atoms with van der Waals surface area (Å²) in [5.41, 5.74) is -0.461. The van der Waals surface area contributed by atoms with Crippen LogP contribution in [0.5, 0.6) is 0 Å². The van der Waals surface area contributed by atoms with Crippen LogP contribution in [-0.4, -0.2) is 10.7 Å². The van der Waals surface area contributed by atoms with E-state index < -0.39 is 5.60 Å². The summed E-state index contributed by atoms with van der Waals surface area (Å²) in [4.78, 5) is 0. The molecule has 0 fully saturated rings. The lowest BCUT2D eigenvalue weighted by Crippen LogP contribution is -2.35. The second-order valence-corrected chi connectivity index (χ2v) is 4.47. The molecule has 1 N–H and O–H groups in total. The van der Waals surface area contributed by atoms with E-state index in [1.54, 1.807) is 0 Å². The summed E-state index contributed by atoms with van der Waals surface area (Å²) in [6.45, 7) is 10.6. The lowest BCUT2D eigenvalue weighted by Gasteiger charge is -2.33. The third kappa shape index (κ3) is 3.57. The summed E-state index contributed by atoms with van der Waals surface area (Å²) in [6, 6.07) is 0. The van der Waals surface area contributed by atoms with Gasteiger partial charge in [-0.3, -0.25) is 0 Å². The van der Waals surface area contributed by atoms with Gasteiger partial charge in [0.2, 0.25) is 0 Å². The molecule has 0 bridgehead atoms. The molecule has 74 valence electrons. The van der Waals surface area contributed by atoms with E-state index in [1.807, 2.05) is 6.92 Å². The monoisotopic (exact) mass is 172 g/mol. The molecule has 1 nitrogen and oxygen atoms in total. The molecule has 0 saturated carbocycles. The standard InChI is InChI=1S/C11H24O/c1-6-10(7-2)11(5,12)8-9(3)4/h9-10,12H,6-8H2,1-5H3. The van der Waals surface area contributed by atoms with E-state index in [0.717, 1.165) is 19.3 Å². The highest BCUT2D eigenvalue weighted by Crippen LogP contribution is 2.29. The fourth-order valence-electron chi connectivity index (χ4n) is 2.16. The van der Waals surface area contributed by atoms with Crippen LogP contribution in [0.1, 0.15) is 53.9 Å². The van der Waals surface area contributed by atoms with Crippen molar-refractivity contribution in [3.63, 3.8) is 0 Å². The van der Waals surface area contributed by atoms with Gasteiger partial charge in [0, 0.05) is 0 Å². The fourth-order valence-corrected chi connectivity index (χ4v) is 2.16. The van der Waals surface area contributed by atoms with Crippen molar-refractivity contribution >= 4 is 0 Å². The zero-order valence-corrected chi connectivity index (χ0v) is 9.22. The zero-order valence-electron chi connectivity index (χ0n) is 9.22. The summed E-state index contributed by atoms with van der Waals surface area (Å²) in [7, 11) is 0. The lowest BCUT2D eigenvalue weighted by atomic mass is 9.79. The van der Waals surface area contributed by atoms with Crippen molar-refractivity contribution in [3.05, 3.63) is 0 Å². The molecule has 0 saturated heterocycles. The number of hydrogen-bond acceptors (Lipinski definition) is 1. The maximum atomic E-state index is 10.1. The summed E-state index contributed by atoms with van der Waals surface area (Å²) < 4.78 is 0. The Labute approximate surface area is 77.2 Å². The second-order valence-electron chi connectivity index (χ2n) is 4.47. The molecule has 0 aliphatic rings. The van der Waals surface area contributed by atoms with E-state index in [9.17, 15) is 5.11 Å². The minimum absolute atomic E-state index is 0.458. The molecule has 0 rings (SSSR count). The molecular formula is C11H24O. The summed E-state index contributed by atoms with van der Waals surface area (Å²) in [5, 5.41) is 10.1. The quantitative estimate of drug-likeness (QED) is 0.675. The Balaban J connectivity index is 4.14. The topological polar surface area (TPSA) is 20.2 Å². The van der Waals surface area contributed by atoms with Crippen LogP contribution in [0.25, 0.3) is 0 Å². The first kappa shape index (κ1) is 12.0. The molecule has 1 atom stereocenters. The van der Waals surface area contributed by atoms with Gasteiger partial charge < -0.3 is 5.11 Å². The maximum absolute atomic E-state index is 10.1. The van der Waals surface area contributed by atoms with Gasteiger partial charge in [-0.25, -0.2) is 0 Å². The molecule has 1 unspecified atom stereocenters. The lowest BCUT2D eigenvalue weighted by molar-refractivity contribution is -0.0220. The predicted molar refractivity (Wildman–Crippen MR) is 54.2 cm³/mol. The van der Waals surface area contributed by atoms with Crippen LogP contribution in [0.15, 0.2) is 0 Å². The highest BCUT2D eigenvalue weighted by Gasteiger charge is 2.29. The van der Waals surface area contributed by atoms with Gasteiger partial charge in [0.05, 0.1) is 5.60 Å². The Bertz CT molecular complexity index is 112. The Morgan fingerprint density at radius 2 is 1.58 bits per heavy atom.